The SMILES string of the molecule is CC(=O)N[C@@H]1[C@@H](OC(C)=O)O[C@@H](COC(C)=O)[C@H](OC(C)=O)[C@H]1O[C@@H]1O[C@H](COC(C)=O)[C@H](OC(C)=O)[C@@H](O[C@@H]2O[C@H](COC(C)=O)[C@H](OC(C)=O)[C@@H](OC(C)=O)[C@H]2NC(C)=O)[C@H]1OC(C)=O. The molecule has 3 aliphatic rings. The molecule has 0 unspecified atom stereocenters. The Labute approximate surface area is 382 Å². The van der Waals surface area contributed by atoms with Crippen molar-refractivity contribution >= 4 is 65.5 Å². The van der Waals surface area contributed by atoms with Gasteiger partial charge < -0.3 is 76.9 Å². The smallest absolute Gasteiger partial charge is 0.305 e. The molecule has 67 heavy (non-hydrogen) atoms. The summed E-state index contributed by atoms with van der Waals surface area (Å²) in [6, 6.07) is -3.29. The highest BCUT2D eigenvalue weighted by molar-refractivity contribution is 5.74. The number of hydrogen-bond acceptors (Lipinski definition) is 25. The maximum Gasteiger partial charge on any atom is 0.305 e. The second-order valence-corrected chi connectivity index (χ2v) is 15.2. The van der Waals surface area contributed by atoms with Crippen molar-refractivity contribution in [1.29, 1.82) is 0 Å². The minimum Gasteiger partial charge on any atom is -0.463 e. The standard InChI is InChI=1S/C40H56N2O25/c1-15(43)41-29-34(60-23(9)51)31(57-20(6)48)26(12-54-17(3)45)64-39(29)67-36-33(59-22(8)50)28(14-56-19(5)47)65-40(37(36)61-24(10)52)66-35-30(42-16(2)44)38(62-25(11)53)63-27(13-55-18(4)46)32(35)58-21(7)49/h26-40H,12-14H2,1-11H3,(H,41,43)(H,42,44)/t26-,27+,28-,29-,30+,31+,32+,33+,34+,35+,36-,37-,38+,39+,40+/m1/s1. The Morgan fingerprint density at radius 2 is 0.627 bits per heavy atom. The third kappa shape index (κ3) is 17.0. The maximum atomic E-state index is 13.1. The lowest BCUT2D eigenvalue weighted by molar-refractivity contribution is -0.367. The number of hydrogen-bond donors (Lipinski definition) is 2. The van der Waals surface area contributed by atoms with Gasteiger partial charge in [-0.25, -0.2) is 0 Å². The van der Waals surface area contributed by atoms with E-state index in [1.54, 1.807) is 0 Å². The van der Waals surface area contributed by atoms with Crippen molar-refractivity contribution in [3.05, 3.63) is 0 Å². The zero-order valence-electron chi connectivity index (χ0n) is 38.5. The summed E-state index contributed by atoms with van der Waals surface area (Å²) in [7, 11) is 0. The van der Waals surface area contributed by atoms with E-state index in [1.807, 2.05) is 0 Å². The Balaban J connectivity index is 2.38. The summed E-state index contributed by atoms with van der Waals surface area (Å²) < 4.78 is 80.3. The fraction of sp³-hybridized carbons (Fsp3) is 0.725. The van der Waals surface area contributed by atoms with Gasteiger partial charge in [-0.05, 0) is 0 Å². The predicted molar refractivity (Wildman–Crippen MR) is 210 cm³/mol. The van der Waals surface area contributed by atoms with Crippen LogP contribution < -0.4 is 10.6 Å². The van der Waals surface area contributed by atoms with E-state index in [9.17, 15) is 52.7 Å². The molecule has 3 saturated heterocycles. The number of esters is 9. The van der Waals surface area contributed by atoms with E-state index >= 15 is 0 Å². The van der Waals surface area contributed by atoms with Gasteiger partial charge in [-0.3, -0.25) is 52.7 Å². The van der Waals surface area contributed by atoms with Gasteiger partial charge in [0.05, 0.1) is 0 Å². The predicted octanol–water partition coefficient (Wildman–Crippen LogP) is -2.15. The summed E-state index contributed by atoms with van der Waals surface area (Å²) >= 11 is 0. The molecule has 27 heteroatoms. The number of amides is 2. The summed E-state index contributed by atoms with van der Waals surface area (Å²) in [6.07, 6.45) is -23.1. The first-order chi connectivity index (χ1) is 31.3. The summed E-state index contributed by atoms with van der Waals surface area (Å²) in [5.74, 6) is -9.99. The van der Waals surface area contributed by atoms with E-state index in [2.05, 4.69) is 10.6 Å². The van der Waals surface area contributed by atoms with Crippen LogP contribution in [0.4, 0.5) is 0 Å². The van der Waals surface area contributed by atoms with E-state index in [0.717, 1.165) is 76.2 Å². The van der Waals surface area contributed by atoms with Gasteiger partial charge >= 0.3 is 53.7 Å². The van der Waals surface area contributed by atoms with Gasteiger partial charge in [0.2, 0.25) is 18.1 Å². The Morgan fingerprint density at radius 3 is 1.00 bits per heavy atom. The fourth-order valence-corrected chi connectivity index (χ4v) is 7.23. The summed E-state index contributed by atoms with van der Waals surface area (Å²) in [5.41, 5.74) is 0. The second-order valence-electron chi connectivity index (χ2n) is 15.2. The average Bonchev–Trinajstić information content (AvgIpc) is 3.17. The van der Waals surface area contributed by atoms with Crippen molar-refractivity contribution in [2.24, 2.45) is 0 Å². The van der Waals surface area contributed by atoms with Crippen molar-refractivity contribution in [2.75, 3.05) is 19.8 Å². The molecule has 15 atom stereocenters. The van der Waals surface area contributed by atoms with Crippen molar-refractivity contribution < 1.29 is 119 Å². The lowest BCUT2D eigenvalue weighted by atomic mass is 9.93. The number of nitrogens with one attached hydrogen (secondary N) is 2. The average molecular weight is 965 g/mol. The third-order valence-corrected chi connectivity index (χ3v) is 9.35. The van der Waals surface area contributed by atoms with Crippen molar-refractivity contribution in [3.8, 4) is 0 Å². The molecule has 2 amide bonds. The van der Waals surface area contributed by atoms with Crippen LogP contribution in [0.1, 0.15) is 76.2 Å². The van der Waals surface area contributed by atoms with Gasteiger partial charge in [0.25, 0.3) is 0 Å². The van der Waals surface area contributed by atoms with E-state index in [0.29, 0.717) is 0 Å². The molecule has 0 spiro atoms. The number of carbonyl (C=O) groups is 11. The monoisotopic (exact) mass is 964 g/mol. The highest BCUT2D eigenvalue weighted by atomic mass is 16.8. The van der Waals surface area contributed by atoms with Crippen LogP contribution in [-0.2, 0) is 119 Å². The van der Waals surface area contributed by atoms with Crippen molar-refractivity contribution in [3.63, 3.8) is 0 Å². The number of rotatable bonds is 18. The summed E-state index contributed by atoms with van der Waals surface area (Å²) in [5, 5.41) is 5.00. The highest BCUT2D eigenvalue weighted by Crippen LogP contribution is 2.37. The highest BCUT2D eigenvalue weighted by Gasteiger charge is 2.59. The minimum absolute atomic E-state index is 0.665. The van der Waals surface area contributed by atoms with Crippen LogP contribution in [0.2, 0.25) is 0 Å². The Bertz CT molecular complexity index is 1860. The molecular weight excluding hydrogens is 908 g/mol. The molecular formula is C40H56N2O25. The van der Waals surface area contributed by atoms with E-state index in [1.165, 1.54) is 0 Å². The molecule has 0 aliphatic carbocycles. The third-order valence-electron chi connectivity index (χ3n) is 9.35. The molecule has 2 N–H and O–H groups in total. The van der Waals surface area contributed by atoms with Gasteiger partial charge in [-0.1, -0.05) is 0 Å². The lowest BCUT2D eigenvalue weighted by Gasteiger charge is -2.51. The molecule has 3 heterocycles. The molecule has 376 valence electrons. The molecule has 3 aliphatic heterocycles. The molecule has 0 aromatic heterocycles. The van der Waals surface area contributed by atoms with Gasteiger partial charge in [-0.15, -0.1) is 0 Å². The summed E-state index contributed by atoms with van der Waals surface area (Å²) in [6.45, 7) is 9.05. The van der Waals surface area contributed by atoms with Crippen LogP contribution >= 0.6 is 0 Å². The molecule has 3 fully saturated rings. The topological polar surface area (TPSA) is 341 Å². The molecule has 0 aromatic rings. The normalized spacial score (nSPS) is 31.2. The first-order valence-electron chi connectivity index (χ1n) is 20.5. The van der Waals surface area contributed by atoms with Gasteiger partial charge in [0.1, 0.15) is 62.4 Å². The van der Waals surface area contributed by atoms with Crippen LogP contribution in [-0.4, -0.2) is 177 Å². The van der Waals surface area contributed by atoms with E-state index in [-0.39, 0.29) is 0 Å². The molecule has 0 aromatic carbocycles. The molecule has 3 rings (SSSR count). The molecule has 0 saturated carbocycles. The van der Waals surface area contributed by atoms with Gasteiger partial charge in [0, 0.05) is 76.2 Å². The Morgan fingerprint density at radius 1 is 0.328 bits per heavy atom. The number of ether oxygens (including phenoxy) is 14. The Kier molecular flexibility index (Phi) is 20.8. The molecule has 0 radical (unpaired) electrons. The minimum atomic E-state index is -2.07. The van der Waals surface area contributed by atoms with Crippen LogP contribution in [0.5, 0.6) is 0 Å². The quantitative estimate of drug-likeness (QED) is 0.109. The molecule has 27 nitrogen and oxygen atoms in total. The second kappa shape index (κ2) is 25.2. The zero-order chi connectivity index (χ0) is 50.4. The lowest BCUT2D eigenvalue weighted by Crippen LogP contribution is -2.71. The van der Waals surface area contributed by atoms with Crippen LogP contribution in [0.15, 0.2) is 0 Å². The van der Waals surface area contributed by atoms with Crippen molar-refractivity contribution in [2.45, 2.75) is 168 Å². The van der Waals surface area contributed by atoms with Crippen LogP contribution in [0, 0.1) is 0 Å². The summed E-state index contributed by atoms with van der Waals surface area (Å²) in [4.78, 5) is 138. The zero-order valence-corrected chi connectivity index (χ0v) is 38.5. The molecule has 0 bridgehead atoms. The first-order valence-corrected chi connectivity index (χ1v) is 20.5. The van der Waals surface area contributed by atoms with E-state index in [4.69, 9.17) is 66.3 Å². The van der Waals surface area contributed by atoms with Gasteiger partial charge in [0.15, 0.2) is 43.1 Å². The van der Waals surface area contributed by atoms with Gasteiger partial charge in [-0.2, -0.15) is 0 Å². The number of carbonyl (C=O) groups excluding carboxylic acids is 11. The van der Waals surface area contributed by atoms with Crippen LogP contribution in [0.3, 0.4) is 0 Å². The maximum absolute atomic E-state index is 13.1. The van der Waals surface area contributed by atoms with Crippen LogP contribution in [0.25, 0.3) is 0 Å². The first kappa shape index (κ1) is 55.3. The van der Waals surface area contributed by atoms with Crippen molar-refractivity contribution in [1.82, 2.24) is 10.6 Å². The fourth-order valence-electron chi connectivity index (χ4n) is 7.23. The Hall–Kier alpha value is -6.03. The van der Waals surface area contributed by atoms with E-state index < -0.39 is 177 Å². The largest absolute Gasteiger partial charge is 0.463 e.